The third-order valence-electron chi connectivity index (χ3n) is 3.99. The van der Waals surface area contributed by atoms with Crippen LogP contribution in [0.2, 0.25) is 0 Å². The van der Waals surface area contributed by atoms with Crippen molar-refractivity contribution in [1.82, 2.24) is 9.97 Å². The van der Waals surface area contributed by atoms with Crippen LogP contribution in [-0.2, 0) is 13.0 Å². The van der Waals surface area contributed by atoms with Gasteiger partial charge in [0.05, 0.1) is 6.61 Å². The molecule has 1 aromatic heterocycles. The first-order valence-corrected chi connectivity index (χ1v) is 8.60. The van der Waals surface area contributed by atoms with Gasteiger partial charge in [-0.2, -0.15) is 4.98 Å². The maximum absolute atomic E-state index is 9.19. The van der Waals surface area contributed by atoms with Crippen LogP contribution in [0.25, 0.3) is 0 Å². The number of anilines is 2. The number of aromatic nitrogens is 2. The number of nitrogens with one attached hydrogen (secondary N) is 1. The van der Waals surface area contributed by atoms with Gasteiger partial charge in [0.1, 0.15) is 5.82 Å². The Hall–Kier alpha value is -1.66. The summed E-state index contributed by atoms with van der Waals surface area (Å²) in [6.45, 7) is 5.71. The first kappa shape index (κ1) is 16.2. The van der Waals surface area contributed by atoms with Gasteiger partial charge in [0, 0.05) is 35.4 Å². The van der Waals surface area contributed by atoms with Crippen molar-refractivity contribution >= 4 is 27.7 Å². The minimum atomic E-state index is -0.0670. The van der Waals surface area contributed by atoms with Crippen molar-refractivity contribution in [1.29, 1.82) is 0 Å². The predicted octanol–water partition coefficient (Wildman–Crippen LogP) is 2.90. The highest BCUT2D eigenvalue weighted by Gasteiger charge is 2.19. The average molecular weight is 377 g/mol. The molecule has 122 valence electrons. The lowest BCUT2D eigenvalue weighted by molar-refractivity contribution is 0.281. The van der Waals surface area contributed by atoms with E-state index >= 15 is 0 Å². The quantitative estimate of drug-likeness (QED) is 0.858. The molecule has 0 spiro atoms. The molecular formula is C17H21BrN4O. The topological polar surface area (TPSA) is 61.3 Å². The summed E-state index contributed by atoms with van der Waals surface area (Å²) in [5, 5.41) is 12.3. The van der Waals surface area contributed by atoms with Crippen LogP contribution in [0.3, 0.4) is 0 Å². The molecule has 3 rings (SSSR count). The number of hydrogen-bond acceptors (Lipinski definition) is 5. The van der Waals surface area contributed by atoms with Crippen molar-refractivity contribution in [3.05, 3.63) is 45.6 Å². The lowest BCUT2D eigenvalue weighted by atomic mass is 10.00. The van der Waals surface area contributed by atoms with E-state index in [4.69, 9.17) is 0 Å². The summed E-state index contributed by atoms with van der Waals surface area (Å²) >= 11 is 3.55. The van der Waals surface area contributed by atoms with Gasteiger partial charge in [-0.3, -0.25) is 0 Å². The van der Waals surface area contributed by atoms with Gasteiger partial charge >= 0.3 is 0 Å². The number of rotatable bonds is 4. The van der Waals surface area contributed by atoms with Gasteiger partial charge in [-0.1, -0.05) is 22.0 Å². The molecule has 2 aromatic rings. The Morgan fingerprint density at radius 3 is 2.91 bits per heavy atom. The molecule has 2 N–H and O–H groups in total. The normalized spacial score (nSPS) is 15.2. The van der Waals surface area contributed by atoms with Crippen molar-refractivity contribution in [2.24, 2.45) is 0 Å². The number of fused-ring (bicyclic) bond motifs is 1. The van der Waals surface area contributed by atoms with Gasteiger partial charge in [0.15, 0.2) is 0 Å². The van der Waals surface area contributed by atoms with Crippen LogP contribution in [0.1, 0.15) is 23.7 Å². The van der Waals surface area contributed by atoms with E-state index in [1.165, 1.54) is 11.1 Å². The second kappa shape index (κ2) is 6.84. The van der Waals surface area contributed by atoms with Crippen molar-refractivity contribution in [3.8, 4) is 0 Å². The molecule has 0 fully saturated rings. The lowest BCUT2D eigenvalue weighted by Crippen LogP contribution is -2.31. The number of benzene rings is 1. The summed E-state index contributed by atoms with van der Waals surface area (Å²) in [5.41, 5.74) is 3.66. The van der Waals surface area contributed by atoms with E-state index in [2.05, 4.69) is 54.3 Å². The second-order valence-corrected chi connectivity index (χ2v) is 6.92. The fourth-order valence-electron chi connectivity index (χ4n) is 2.77. The van der Waals surface area contributed by atoms with Crippen molar-refractivity contribution in [2.45, 2.75) is 32.9 Å². The largest absolute Gasteiger partial charge is 0.394 e. The molecule has 0 bridgehead atoms. The summed E-state index contributed by atoms with van der Waals surface area (Å²) in [4.78, 5) is 11.3. The summed E-state index contributed by atoms with van der Waals surface area (Å²) in [7, 11) is 0. The van der Waals surface area contributed by atoms with Crippen LogP contribution < -0.4 is 10.2 Å². The van der Waals surface area contributed by atoms with E-state index in [1.54, 1.807) is 0 Å². The second-order valence-electron chi connectivity index (χ2n) is 6.00. The fraction of sp³-hybridized carbons (Fsp3) is 0.412. The van der Waals surface area contributed by atoms with Crippen molar-refractivity contribution in [3.63, 3.8) is 0 Å². The van der Waals surface area contributed by atoms with Crippen molar-refractivity contribution in [2.75, 3.05) is 23.4 Å². The zero-order valence-electron chi connectivity index (χ0n) is 13.4. The SMILES string of the molecule is Cc1cc(N2CCc3ccc(Br)cc3C2)nc(N[C@H](C)CO)n1. The zero-order valence-corrected chi connectivity index (χ0v) is 15.0. The standard InChI is InChI=1S/C17H21BrN4O/c1-11-7-16(21-17(19-11)20-12(2)10-23)22-6-5-13-3-4-15(18)8-14(13)9-22/h3-4,7-8,12,23H,5-6,9-10H2,1-2H3,(H,19,20,21)/t12-/m1/s1. The van der Waals surface area contributed by atoms with Gasteiger partial charge in [-0.15, -0.1) is 0 Å². The fourth-order valence-corrected chi connectivity index (χ4v) is 3.17. The highest BCUT2D eigenvalue weighted by atomic mass is 79.9. The Bertz CT molecular complexity index is 707. The van der Waals surface area contributed by atoms with E-state index in [-0.39, 0.29) is 12.6 Å². The summed E-state index contributed by atoms with van der Waals surface area (Å²) in [5.74, 6) is 1.50. The van der Waals surface area contributed by atoms with Crippen molar-refractivity contribution < 1.29 is 5.11 Å². The molecule has 0 saturated carbocycles. The highest BCUT2D eigenvalue weighted by Crippen LogP contribution is 2.26. The molecule has 2 heterocycles. The third-order valence-corrected chi connectivity index (χ3v) is 4.49. The Kier molecular flexibility index (Phi) is 4.82. The summed E-state index contributed by atoms with van der Waals surface area (Å²) < 4.78 is 1.11. The van der Waals surface area contributed by atoms with Gasteiger partial charge in [0.2, 0.25) is 5.95 Å². The lowest BCUT2D eigenvalue weighted by Gasteiger charge is -2.30. The molecule has 5 nitrogen and oxygen atoms in total. The minimum absolute atomic E-state index is 0.0533. The Balaban J connectivity index is 1.84. The number of nitrogens with zero attached hydrogens (tertiary/aromatic N) is 3. The van der Waals surface area contributed by atoms with Crippen LogP contribution in [0.4, 0.5) is 11.8 Å². The number of halogens is 1. The molecule has 1 atom stereocenters. The smallest absolute Gasteiger partial charge is 0.225 e. The predicted molar refractivity (Wildman–Crippen MR) is 95.8 cm³/mol. The van der Waals surface area contributed by atoms with E-state index in [9.17, 15) is 5.11 Å². The minimum Gasteiger partial charge on any atom is -0.394 e. The Labute approximate surface area is 144 Å². The number of hydrogen-bond donors (Lipinski definition) is 2. The maximum Gasteiger partial charge on any atom is 0.225 e. The van der Waals surface area contributed by atoms with Gasteiger partial charge in [0.25, 0.3) is 0 Å². The monoisotopic (exact) mass is 376 g/mol. The molecule has 0 aliphatic carbocycles. The number of aliphatic hydroxyl groups is 1. The molecule has 0 amide bonds. The van der Waals surface area contributed by atoms with Gasteiger partial charge in [-0.25, -0.2) is 4.98 Å². The molecule has 0 radical (unpaired) electrons. The molecule has 1 aromatic carbocycles. The third kappa shape index (κ3) is 3.82. The van der Waals surface area contributed by atoms with Crippen LogP contribution in [0.5, 0.6) is 0 Å². The first-order valence-electron chi connectivity index (χ1n) is 7.80. The van der Waals surface area contributed by atoms with Crippen LogP contribution >= 0.6 is 15.9 Å². The van der Waals surface area contributed by atoms with E-state index in [1.807, 2.05) is 19.9 Å². The van der Waals surface area contributed by atoms with Gasteiger partial charge < -0.3 is 15.3 Å². The summed E-state index contributed by atoms with van der Waals surface area (Å²) in [6.07, 6.45) is 1.02. The molecule has 6 heteroatoms. The molecule has 1 aliphatic heterocycles. The molecule has 0 unspecified atom stereocenters. The Morgan fingerprint density at radius 2 is 2.13 bits per heavy atom. The van der Waals surface area contributed by atoms with Crippen LogP contribution in [0, 0.1) is 6.92 Å². The molecule has 1 aliphatic rings. The molecular weight excluding hydrogens is 356 g/mol. The Morgan fingerprint density at radius 1 is 1.30 bits per heavy atom. The van der Waals surface area contributed by atoms with E-state index in [0.717, 1.165) is 35.5 Å². The average Bonchev–Trinajstić information content (AvgIpc) is 2.53. The number of aliphatic hydroxyl groups excluding tert-OH is 1. The number of aryl methyl sites for hydroxylation is 1. The summed E-state index contributed by atoms with van der Waals surface area (Å²) in [6, 6.07) is 8.42. The highest BCUT2D eigenvalue weighted by molar-refractivity contribution is 9.10. The van der Waals surface area contributed by atoms with Crippen LogP contribution in [-0.4, -0.2) is 34.3 Å². The molecule has 0 saturated heterocycles. The first-order chi connectivity index (χ1) is 11.0. The molecule has 23 heavy (non-hydrogen) atoms. The maximum atomic E-state index is 9.19. The van der Waals surface area contributed by atoms with Crippen LogP contribution in [0.15, 0.2) is 28.7 Å². The zero-order chi connectivity index (χ0) is 16.4. The van der Waals surface area contributed by atoms with Gasteiger partial charge in [-0.05, 0) is 43.5 Å². The van der Waals surface area contributed by atoms with E-state index < -0.39 is 0 Å². The van der Waals surface area contributed by atoms with E-state index in [0.29, 0.717) is 5.95 Å².